The van der Waals surface area contributed by atoms with Gasteiger partial charge in [0.05, 0.1) is 10.7 Å². The summed E-state index contributed by atoms with van der Waals surface area (Å²) in [5.41, 5.74) is 1.21. The van der Waals surface area contributed by atoms with E-state index in [2.05, 4.69) is 5.32 Å². The van der Waals surface area contributed by atoms with Crippen molar-refractivity contribution in [3.63, 3.8) is 0 Å². The molecule has 1 aromatic carbocycles. The van der Waals surface area contributed by atoms with Crippen molar-refractivity contribution >= 4 is 36.7 Å². The van der Waals surface area contributed by atoms with Crippen LogP contribution in [-0.4, -0.2) is 36.1 Å². The Hall–Kier alpha value is -1.56. The number of nitrogens with one attached hydrogen (secondary N) is 1. The fourth-order valence-corrected chi connectivity index (χ4v) is 3.07. The predicted molar refractivity (Wildman–Crippen MR) is 101 cm³/mol. The molecule has 2 N–H and O–H groups in total. The van der Waals surface area contributed by atoms with Gasteiger partial charge in [0.2, 0.25) is 6.29 Å². The Balaban J connectivity index is 2.59. The molecular formula is C17H25ClNO6P. The van der Waals surface area contributed by atoms with Crippen LogP contribution in [0.2, 0.25) is 5.02 Å². The van der Waals surface area contributed by atoms with Crippen LogP contribution in [0.25, 0.3) is 0 Å². The van der Waals surface area contributed by atoms with Gasteiger partial charge in [0.15, 0.2) is 7.37 Å². The SMILES string of the molecule is CCCC(=O)OC(C)OC(=O)Nc1cc(CCCP(C)(=O)O)ccc1Cl. The molecule has 2 atom stereocenters. The zero-order valence-electron chi connectivity index (χ0n) is 15.2. The van der Waals surface area contributed by atoms with Crippen LogP contribution in [0.1, 0.15) is 38.7 Å². The monoisotopic (exact) mass is 405 g/mol. The molecule has 9 heteroatoms. The van der Waals surface area contributed by atoms with Gasteiger partial charge in [-0.3, -0.25) is 14.7 Å². The van der Waals surface area contributed by atoms with Crippen molar-refractivity contribution in [3.05, 3.63) is 28.8 Å². The number of carbonyl (C=O) groups excluding carboxylic acids is 2. The third kappa shape index (κ3) is 9.22. The van der Waals surface area contributed by atoms with Crippen molar-refractivity contribution in [2.75, 3.05) is 18.1 Å². The van der Waals surface area contributed by atoms with Gasteiger partial charge in [-0.2, -0.15) is 0 Å². The molecule has 0 aromatic heterocycles. The van der Waals surface area contributed by atoms with Gasteiger partial charge in [0.1, 0.15) is 0 Å². The van der Waals surface area contributed by atoms with Crippen molar-refractivity contribution in [2.45, 2.75) is 45.8 Å². The topological polar surface area (TPSA) is 102 Å². The van der Waals surface area contributed by atoms with Gasteiger partial charge >= 0.3 is 12.1 Å². The van der Waals surface area contributed by atoms with E-state index in [1.54, 1.807) is 18.2 Å². The molecule has 0 radical (unpaired) electrons. The maximum atomic E-state index is 11.9. The first-order valence-electron chi connectivity index (χ1n) is 8.35. The first kappa shape index (κ1) is 22.5. The lowest BCUT2D eigenvalue weighted by Gasteiger charge is -2.15. The Morgan fingerprint density at radius 2 is 2.04 bits per heavy atom. The highest BCUT2D eigenvalue weighted by molar-refractivity contribution is 7.57. The molecule has 0 saturated heterocycles. The van der Waals surface area contributed by atoms with Crippen LogP contribution < -0.4 is 5.32 Å². The van der Waals surface area contributed by atoms with Crippen LogP contribution >= 0.6 is 19.0 Å². The number of hydrogen-bond acceptors (Lipinski definition) is 5. The maximum absolute atomic E-state index is 11.9. The predicted octanol–water partition coefficient (Wildman–Crippen LogP) is 4.41. The third-order valence-electron chi connectivity index (χ3n) is 3.33. The van der Waals surface area contributed by atoms with E-state index >= 15 is 0 Å². The van der Waals surface area contributed by atoms with Gasteiger partial charge in [0, 0.05) is 26.2 Å². The number of aryl methyl sites for hydroxylation is 1. The van der Waals surface area contributed by atoms with E-state index < -0.39 is 25.7 Å². The summed E-state index contributed by atoms with van der Waals surface area (Å²) in [4.78, 5) is 32.6. The van der Waals surface area contributed by atoms with Gasteiger partial charge in [-0.1, -0.05) is 24.6 Å². The summed E-state index contributed by atoms with van der Waals surface area (Å²) < 4.78 is 21.2. The molecule has 146 valence electrons. The standard InChI is InChI=1S/C17H25ClNO6P/c1-4-6-16(20)24-12(2)25-17(21)19-15-11-13(8-9-14(15)18)7-5-10-26(3,22)23/h8-9,11-12H,4-7,10H2,1-3H3,(H,19,21)(H,22,23). The molecule has 1 rings (SSSR count). The normalized spacial score (nSPS) is 14.2. The number of rotatable bonds is 9. The first-order valence-corrected chi connectivity index (χ1v) is 11.0. The summed E-state index contributed by atoms with van der Waals surface area (Å²) in [7, 11) is -3.04. The molecule has 2 unspecified atom stereocenters. The molecule has 0 saturated carbocycles. The minimum absolute atomic E-state index is 0.223. The number of anilines is 1. The van der Waals surface area contributed by atoms with Gasteiger partial charge in [-0.25, -0.2) is 4.79 Å². The summed E-state index contributed by atoms with van der Waals surface area (Å²) in [6, 6.07) is 5.09. The second-order valence-electron chi connectivity index (χ2n) is 6.03. The fourth-order valence-electron chi connectivity index (χ4n) is 2.16. The summed E-state index contributed by atoms with van der Waals surface area (Å²) in [6.07, 6.45) is 0.422. The van der Waals surface area contributed by atoms with E-state index in [-0.39, 0.29) is 12.6 Å². The van der Waals surface area contributed by atoms with Crippen LogP contribution in [-0.2, 0) is 25.3 Å². The highest BCUT2D eigenvalue weighted by Gasteiger charge is 2.15. The molecule has 0 aliphatic heterocycles. The molecule has 0 aliphatic carbocycles. The number of carbonyl (C=O) groups is 2. The number of amides is 1. The lowest BCUT2D eigenvalue weighted by Crippen LogP contribution is -2.24. The molecule has 0 bridgehead atoms. The molecule has 0 aliphatic rings. The first-order chi connectivity index (χ1) is 12.1. The summed E-state index contributed by atoms with van der Waals surface area (Å²) >= 11 is 6.07. The van der Waals surface area contributed by atoms with Crippen molar-refractivity contribution < 1.29 is 28.5 Å². The number of benzene rings is 1. The summed E-state index contributed by atoms with van der Waals surface area (Å²) in [5, 5.41) is 2.83. The zero-order chi connectivity index (χ0) is 19.7. The maximum Gasteiger partial charge on any atom is 0.414 e. The minimum Gasteiger partial charge on any atom is -0.425 e. The van der Waals surface area contributed by atoms with Gasteiger partial charge in [-0.15, -0.1) is 0 Å². The largest absolute Gasteiger partial charge is 0.425 e. The third-order valence-corrected chi connectivity index (χ3v) is 4.81. The van der Waals surface area contributed by atoms with Crippen molar-refractivity contribution in [2.24, 2.45) is 0 Å². The Labute approximate surface area is 158 Å². The van der Waals surface area contributed by atoms with Crippen LogP contribution in [0.5, 0.6) is 0 Å². The quantitative estimate of drug-likeness (QED) is 0.358. The second kappa shape index (κ2) is 10.6. The van der Waals surface area contributed by atoms with Crippen molar-refractivity contribution in [1.29, 1.82) is 0 Å². The Morgan fingerprint density at radius 3 is 2.65 bits per heavy atom. The fraction of sp³-hybridized carbons (Fsp3) is 0.529. The second-order valence-corrected chi connectivity index (χ2v) is 8.99. The molecule has 0 heterocycles. The van der Waals surface area contributed by atoms with E-state index in [1.807, 2.05) is 6.92 Å². The Morgan fingerprint density at radius 1 is 1.35 bits per heavy atom. The van der Waals surface area contributed by atoms with Crippen molar-refractivity contribution in [3.8, 4) is 0 Å². The van der Waals surface area contributed by atoms with Crippen LogP contribution in [0, 0.1) is 0 Å². The summed E-state index contributed by atoms with van der Waals surface area (Å²) in [5.74, 6) is -0.440. The molecular weight excluding hydrogens is 381 g/mol. The highest BCUT2D eigenvalue weighted by atomic mass is 35.5. The van der Waals surface area contributed by atoms with Crippen LogP contribution in [0.3, 0.4) is 0 Å². The van der Waals surface area contributed by atoms with Crippen LogP contribution in [0.15, 0.2) is 18.2 Å². The molecule has 7 nitrogen and oxygen atoms in total. The molecule has 1 amide bonds. The number of ether oxygens (including phenoxy) is 2. The van der Waals surface area contributed by atoms with E-state index in [0.29, 0.717) is 30.0 Å². The average molecular weight is 406 g/mol. The van der Waals surface area contributed by atoms with Gasteiger partial charge in [0.25, 0.3) is 0 Å². The van der Waals surface area contributed by atoms with E-state index in [9.17, 15) is 19.0 Å². The lowest BCUT2D eigenvalue weighted by molar-refractivity contribution is -0.164. The Bertz CT molecular complexity index is 675. The smallest absolute Gasteiger partial charge is 0.414 e. The van der Waals surface area contributed by atoms with E-state index in [4.69, 9.17) is 21.1 Å². The minimum atomic E-state index is -3.04. The lowest BCUT2D eigenvalue weighted by atomic mass is 10.1. The number of hydrogen-bond donors (Lipinski definition) is 2. The number of esters is 1. The molecule has 1 aromatic rings. The average Bonchev–Trinajstić information content (AvgIpc) is 2.49. The highest BCUT2D eigenvalue weighted by Crippen LogP contribution is 2.36. The van der Waals surface area contributed by atoms with Gasteiger partial charge < -0.3 is 14.4 Å². The number of halogens is 1. The Kier molecular flexibility index (Phi) is 9.13. The van der Waals surface area contributed by atoms with E-state index in [0.717, 1.165) is 5.56 Å². The van der Waals surface area contributed by atoms with Gasteiger partial charge in [-0.05, 0) is 37.0 Å². The molecule has 0 fully saturated rings. The molecule has 0 spiro atoms. The molecule has 26 heavy (non-hydrogen) atoms. The summed E-state index contributed by atoms with van der Waals surface area (Å²) in [6.45, 7) is 4.61. The van der Waals surface area contributed by atoms with Crippen LogP contribution in [0.4, 0.5) is 10.5 Å². The zero-order valence-corrected chi connectivity index (χ0v) is 16.8. The van der Waals surface area contributed by atoms with E-state index in [1.165, 1.54) is 13.6 Å². The van der Waals surface area contributed by atoms with Crippen molar-refractivity contribution in [1.82, 2.24) is 0 Å².